The molecular weight excluding hydrogens is 328 g/mol. The molecule has 0 aromatic heterocycles. The summed E-state index contributed by atoms with van der Waals surface area (Å²) in [5.41, 5.74) is 11.6. The zero-order chi connectivity index (χ0) is 19.8. The zero-order valence-electron chi connectivity index (χ0n) is 19.0. The van der Waals surface area contributed by atoms with Crippen molar-refractivity contribution in [2.75, 3.05) is 6.54 Å². The predicted molar refractivity (Wildman–Crippen MR) is 124 cm³/mol. The molecule has 0 rings (SSSR count). The van der Waals surface area contributed by atoms with Gasteiger partial charge in [-0.15, -0.1) is 0 Å². The van der Waals surface area contributed by atoms with Crippen molar-refractivity contribution in [1.29, 1.82) is 0 Å². The fraction of sp³-hybridized carbons (Fsp3) is 1.00. The van der Waals surface area contributed by atoms with E-state index in [1.54, 1.807) is 0 Å². The lowest BCUT2D eigenvalue weighted by molar-refractivity contribution is 0.495. The Hall–Kier alpha value is -0.0800. The van der Waals surface area contributed by atoms with Gasteiger partial charge in [0, 0.05) is 6.04 Å². The first kappa shape index (κ1) is 26.9. The number of hydrogen-bond acceptors (Lipinski definition) is 2. The fourth-order valence-corrected chi connectivity index (χ4v) is 4.01. The Morgan fingerprint density at radius 2 is 0.741 bits per heavy atom. The van der Waals surface area contributed by atoms with Gasteiger partial charge >= 0.3 is 0 Å². The summed E-state index contributed by atoms with van der Waals surface area (Å²) in [7, 11) is 0. The molecule has 0 aromatic rings. The van der Waals surface area contributed by atoms with E-state index in [1.165, 1.54) is 128 Å². The van der Waals surface area contributed by atoms with Crippen LogP contribution in [-0.4, -0.2) is 12.6 Å². The van der Waals surface area contributed by atoms with E-state index in [2.05, 4.69) is 6.92 Å². The minimum atomic E-state index is 0.388. The SMILES string of the molecule is CCCCCCCCCCCCCCCCCCCCCC(N)CCCN. The van der Waals surface area contributed by atoms with E-state index in [9.17, 15) is 0 Å². The molecule has 0 radical (unpaired) electrons. The van der Waals surface area contributed by atoms with Crippen LogP contribution in [0.15, 0.2) is 0 Å². The van der Waals surface area contributed by atoms with E-state index in [4.69, 9.17) is 11.5 Å². The Balaban J connectivity index is 3.03. The van der Waals surface area contributed by atoms with Crippen LogP contribution in [0, 0.1) is 0 Å². The largest absolute Gasteiger partial charge is 0.330 e. The van der Waals surface area contributed by atoms with Crippen LogP contribution >= 0.6 is 0 Å². The van der Waals surface area contributed by atoms with Crippen molar-refractivity contribution >= 4 is 0 Å². The normalized spacial score (nSPS) is 12.6. The maximum atomic E-state index is 6.08. The Labute approximate surface area is 172 Å². The second-order valence-electron chi connectivity index (χ2n) is 8.84. The summed E-state index contributed by atoms with van der Waals surface area (Å²) in [6.07, 6.45) is 30.8. The topological polar surface area (TPSA) is 52.0 Å². The molecule has 0 saturated heterocycles. The molecule has 0 aliphatic carbocycles. The number of hydrogen-bond donors (Lipinski definition) is 2. The summed E-state index contributed by atoms with van der Waals surface area (Å²) in [4.78, 5) is 0. The highest BCUT2D eigenvalue weighted by molar-refractivity contribution is 4.61. The summed E-state index contributed by atoms with van der Waals surface area (Å²) in [5.74, 6) is 0. The van der Waals surface area contributed by atoms with Gasteiger partial charge < -0.3 is 11.5 Å². The maximum absolute atomic E-state index is 6.08. The molecule has 0 fully saturated rings. The lowest BCUT2D eigenvalue weighted by Crippen LogP contribution is -2.20. The Kier molecular flexibility index (Phi) is 23.9. The highest BCUT2D eigenvalue weighted by atomic mass is 14.6. The molecule has 164 valence electrons. The maximum Gasteiger partial charge on any atom is 0.00392 e. The summed E-state index contributed by atoms with van der Waals surface area (Å²) in [6, 6.07) is 0.388. The van der Waals surface area contributed by atoms with Crippen LogP contribution in [0.3, 0.4) is 0 Å². The van der Waals surface area contributed by atoms with Gasteiger partial charge in [0.2, 0.25) is 0 Å². The van der Waals surface area contributed by atoms with Crippen molar-refractivity contribution in [1.82, 2.24) is 0 Å². The predicted octanol–water partition coefficient (Wildman–Crippen LogP) is 7.87. The number of rotatable bonds is 23. The number of nitrogens with two attached hydrogens (primary N) is 2. The smallest absolute Gasteiger partial charge is 0.00392 e. The minimum absolute atomic E-state index is 0.388. The Bertz CT molecular complexity index is 255. The standard InChI is InChI=1S/C25H54N2/c1-2-3-4-5-6-7-8-9-10-11-12-13-14-15-16-17-18-19-20-22-25(27)23-21-24-26/h25H,2-24,26-27H2,1H3. The van der Waals surface area contributed by atoms with Gasteiger partial charge in [-0.25, -0.2) is 0 Å². The van der Waals surface area contributed by atoms with Gasteiger partial charge in [0.15, 0.2) is 0 Å². The van der Waals surface area contributed by atoms with Crippen LogP contribution in [0.4, 0.5) is 0 Å². The molecule has 2 heteroatoms. The van der Waals surface area contributed by atoms with Crippen molar-refractivity contribution in [2.24, 2.45) is 11.5 Å². The third-order valence-electron chi connectivity index (χ3n) is 5.96. The molecule has 0 spiro atoms. The molecule has 27 heavy (non-hydrogen) atoms. The molecule has 0 aliphatic rings. The minimum Gasteiger partial charge on any atom is -0.330 e. The van der Waals surface area contributed by atoms with E-state index in [0.29, 0.717) is 6.04 Å². The summed E-state index contributed by atoms with van der Waals surface area (Å²) in [6.45, 7) is 3.08. The van der Waals surface area contributed by atoms with Crippen LogP contribution in [0.2, 0.25) is 0 Å². The van der Waals surface area contributed by atoms with Crippen molar-refractivity contribution in [2.45, 2.75) is 154 Å². The highest BCUT2D eigenvalue weighted by Gasteiger charge is 2.01. The van der Waals surface area contributed by atoms with E-state index in [1.807, 2.05) is 0 Å². The van der Waals surface area contributed by atoms with Crippen LogP contribution in [0.1, 0.15) is 148 Å². The summed E-state index contributed by atoms with van der Waals surface area (Å²) < 4.78 is 0. The highest BCUT2D eigenvalue weighted by Crippen LogP contribution is 2.15. The van der Waals surface area contributed by atoms with E-state index < -0.39 is 0 Å². The van der Waals surface area contributed by atoms with Crippen molar-refractivity contribution in [3.05, 3.63) is 0 Å². The first-order valence-electron chi connectivity index (χ1n) is 12.8. The van der Waals surface area contributed by atoms with Crippen LogP contribution in [-0.2, 0) is 0 Å². The third kappa shape index (κ3) is 23.9. The first-order valence-corrected chi connectivity index (χ1v) is 12.8. The van der Waals surface area contributed by atoms with Gasteiger partial charge in [0.25, 0.3) is 0 Å². The fourth-order valence-electron chi connectivity index (χ4n) is 4.01. The van der Waals surface area contributed by atoms with Gasteiger partial charge in [0.1, 0.15) is 0 Å². The average Bonchev–Trinajstić information content (AvgIpc) is 2.68. The van der Waals surface area contributed by atoms with Crippen molar-refractivity contribution < 1.29 is 0 Å². The van der Waals surface area contributed by atoms with Crippen molar-refractivity contribution in [3.63, 3.8) is 0 Å². The Morgan fingerprint density at radius 3 is 1.07 bits per heavy atom. The van der Waals surface area contributed by atoms with Crippen LogP contribution in [0.25, 0.3) is 0 Å². The summed E-state index contributed by atoms with van der Waals surface area (Å²) >= 11 is 0. The molecule has 4 N–H and O–H groups in total. The molecular formula is C25H54N2. The molecule has 0 aliphatic heterocycles. The second kappa shape index (κ2) is 24.0. The molecule has 0 saturated carbocycles. The van der Waals surface area contributed by atoms with E-state index >= 15 is 0 Å². The number of unbranched alkanes of at least 4 members (excludes halogenated alkanes) is 18. The summed E-state index contributed by atoms with van der Waals surface area (Å²) in [5, 5.41) is 0. The quantitative estimate of drug-likeness (QED) is 0.177. The molecule has 2 nitrogen and oxygen atoms in total. The monoisotopic (exact) mass is 382 g/mol. The second-order valence-corrected chi connectivity index (χ2v) is 8.84. The van der Waals surface area contributed by atoms with Crippen molar-refractivity contribution in [3.8, 4) is 0 Å². The molecule has 0 amide bonds. The van der Waals surface area contributed by atoms with Gasteiger partial charge in [-0.1, -0.05) is 129 Å². The van der Waals surface area contributed by atoms with Gasteiger partial charge in [-0.05, 0) is 25.8 Å². The molecule has 0 bridgehead atoms. The molecule has 1 unspecified atom stereocenters. The van der Waals surface area contributed by atoms with Gasteiger partial charge in [-0.3, -0.25) is 0 Å². The zero-order valence-corrected chi connectivity index (χ0v) is 19.0. The van der Waals surface area contributed by atoms with E-state index in [-0.39, 0.29) is 0 Å². The first-order chi connectivity index (χ1) is 13.3. The lowest BCUT2D eigenvalue weighted by Gasteiger charge is -2.10. The van der Waals surface area contributed by atoms with Gasteiger partial charge in [-0.2, -0.15) is 0 Å². The van der Waals surface area contributed by atoms with Crippen LogP contribution in [0.5, 0.6) is 0 Å². The molecule has 0 aromatic carbocycles. The molecule has 1 atom stereocenters. The average molecular weight is 383 g/mol. The molecule has 0 heterocycles. The Morgan fingerprint density at radius 1 is 0.444 bits per heavy atom. The third-order valence-corrected chi connectivity index (χ3v) is 5.96. The van der Waals surface area contributed by atoms with E-state index in [0.717, 1.165) is 19.4 Å². The lowest BCUT2D eigenvalue weighted by atomic mass is 10.0. The van der Waals surface area contributed by atoms with Gasteiger partial charge in [0.05, 0.1) is 0 Å². The van der Waals surface area contributed by atoms with Crippen LogP contribution < -0.4 is 11.5 Å².